The summed E-state index contributed by atoms with van der Waals surface area (Å²) in [5.41, 5.74) is 0.349. The Morgan fingerprint density at radius 3 is 2.38 bits per heavy atom. The first kappa shape index (κ1) is 20.2. The predicted molar refractivity (Wildman–Crippen MR) is 104 cm³/mol. The van der Waals surface area contributed by atoms with Crippen molar-refractivity contribution in [1.29, 1.82) is 0 Å². The van der Waals surface area contributed by atoms with Crippen LogP contribution in [0.25, 0.3) is 0 Å². The Morgan fingerprint density at radius 2 is 1.77 bits per heavy atom. The number of benzene rings is 1. The molecule has 2 aromatic rings. The first-order valence-corrected chi connectivity index (χ1v) is 8.88. The summed E-state index contributed by atoms with van der Waals surface area (Å²) >= 11 is 11.8. The van der Waals surface area contributed by atoms with E-state index in [0.29, 0.717) is 28.7 Å². The number of carbonyl (C=O) groups is 2. The minimum absolute atomic E-state index is 0.260. The Morgan fingerprint density at radius 1 is 1.12 bits per heavy atom. The zero-order valence-corrected chi connectivity index (χ0v) is 16.4. The lowest BCUT2D eigenvalue weighted by Crippen LogP contribution is -2.46. The van der Waals surface area contributed by atoms with Crippen molar-refractivity contribution < 1.29 is 9.59 Å². The molecule has 7 heteroatoms. The van der Waals surface area contributed by atoms with Gasteiger partial charge in [-0.3, -0.25) is 14.6 Å². The van der Waals surface area contributed by atoms with E-state index in [1.165, 1.54) is 0 Å². The molecule has 2 rings (SSSR count). The molecule has 1 N–H and O–H groups in total. The summed E-state index contributed by atoms with van der Waals surface area (Å²) < 4.78 is 0. The molecule has 138 valence electrons. The smallest absolute Gasteiger partial charge is 0.239 e. The molecular weight excluding hydrogens is 373 g/mol. The lowest BCUT2D eigenvalue weighted by atomic mass is 9.90. The van der Waals surface area contributed by atoms with Gasteiger partial charge in [0.05, 0.1) is 10.0 Å². The fraction of sp³-hybridized carbons (Fsp3) is 0.316. The quantitative estimate of drug-likeness (QED) is 0.752. The average Bonchev–Trinajstić information content (AvgIpc) is 2.62. The van der Waals surface area contributed by atoms with Gasteiger partial charge in [-0.05, 0) is 56.2 Å². The summed E-state index contributed by atoms with van der Waals surface area (Å²) in [5, 5.41) is 3.46. The van der Waals surface area contributed by atoms with E-state index in [1.807, 2.05) is 12.1 Å². The minimum Gasteiger partial charge on any atom is -0.345 e. The van der Waals surface area contributed by atoms with Crippen molar-refractivity contribution in [2.24, 2.45) is 5.41 Å². The maximum Gasteiger partial charge on any atom is 0.239 e. The van der Waals surface area contributed by atoms with Crippen LogP contribution in [0.1, 0.15) is 19.4 Å². The van der Waals surface area contributed by atoms with Crippen molar-refractivity contribution >= 4 is 40.7 Å². The van der Waals surface area contributed by atoms with Gasteiger partial charge in [-0.1, -0.05) is 23.2 Å². The molecular formula is C19H21Cl2N3O2. The van der Waals surface area contributed by atoms with Crippen molar-refractivity contribution in [3.8, 4) is 0 Å². The van der Waals surface area contributed by atoms with Crippen LogP contribution in [-0.4, -0.2) is 35.3 Å². The van der Waals surface area contributed by atoms with Crippen LogP contribution in [0.2, 0.25) is 10.0 Å². The van der Waals surface area contributed by atoms with E-state index in [4.69, 9.17) is 23.2 Å². The molecule has 0 aliphatic rings. The summed E-state index contributed by atoms with van der Waals surface area (Å²) in [5.74, 6) is -0.666. The van der Waals surface area contributed by atoms with Gasteiger partial charge in [0.25, 0.3) is 0 Å². The molecule has 0 saturated carbocycles. The molecule has 0 fully saturated rings. The Labute approximate surface area is 163 Å². The van der Waals surface area contributed by atoms with E-state index in [9.17, 15) is 9.59 Å². The standard InChI is InChI=1S/C19H21Cl2N3O2/c1-19(2,17(25)23-14-4-5-15(20)16(21)12-14)18(26)24(3)11-8-13-6-9-22-10-7-13/h4-7,9-10,12H,8,11H2,1-3H3,(H,23,25). The Balaban J connectivity index is 2.00. The van der Waals surface area contributed by atoms with E-state index in [1.54, 1.807) is 56.4 Å². The predicted octanol–water partition coefficient (Wildman–Crippen LogP) is 4.05. The van der Waals surface area contributed by atoms with E-state index in [-0.39, 0.29) is 5.91 Å². The summed E-state index contributed by atoms with van der Waals surface area (Å²) in [7, 11) is 1.69. The lowest BCUT2D eigenvalue weighted by molar-refractivity contribution is -0.145. The van der Waals surface area contributed by atoms with E-state index < -0.39 is 11.3 Å². The van der Waals surface area contributed by atoms with Crippen LogP contribution in [0.5, 0.6) is 0 Å². The molecule has 1 aromatic carbocycles. The average molecular weight is 394 g/mol. The van der Waals surface area contributed by atoms with Gasteiger partial charge in [0.2, 0.25) is 11.8 Å². The molecule has 1 aromatic heterocycles. The van der Waals surface area contributed by atoms with E-state index in [0.717, 1.165) is 5.56 Å². The van der Waals surface area contributed by atoms with Gasteiger partial charge in [-0.2, -0.15) is 0 Å². The number of carbonyl (C=O) groups excluding carboxylic acids is 2. The normalized spacial score (nSPS) is 11.1. The Hall–Kier alpha value is -2.11. The maximum absolute atomic E-state index is 12.7. The minimum atomic E-state index is -1.22. The second-order valence-electron chi connectivity index (χ2n) is 6.54. The van der Waals surface area contributed by atoms with Crippen LogP contribution in [0.4, 0.5) is 5.69 Å². The van der Waals surface area contributed by atoms with Gasteiger partial charge in [0.15, 0.2) is 0 Å². The molecule has 26 heavy (non-hydrogen) atoms. The number of hydrogen-bond donors (Lipinski definition) is 1. The highest BCUT2D eigenvalue weighted by Gasteiger charge is 2.38. The van der Waals surface area contributed by atoms with Gasteiger partial charge in [-0.15, -0.1) is 0 Å². The molecule has 0 bridgehead atoms. The van der Waals surface area contributed by atoms with Crippen LogP contribution in [0.3, 0.4) is 0 Å². The number of aromatic nitrogens is 1. The van der Waals surface area contributed by atoms with Gasteiger partial charge >= 0.3 is 0 Å². The first-order chi connectivity index (χ1) is 12.2. The number of anilines is 1. The van der Waals surface area contributed by atoms with Crippen LogP contribution in [0.15, 0.2) is 42.7 Å². The molecule has 5 nitrogen and oxygen atoms in total. The number of hydrogen-bond acceptors (Lipinski definition) is 3. The first-order valence-electron chi connectivity index (χ1n) is 8.13. The van der Waals surface area contributed by atoms with Crippen LogP contribution in [-0.2, 0) is 16.0 Å². The van der Waals surface area contributed by atoms with Gasteiger partial charge in [-0.25, -0.2) is 0 Å². The summed E-state index contributed by atoms with van der Waals surface area (Å²) in [6, 6.07) is 8.59. The van der Waals surface area contributed by atoms with Crippen molar-refractivity contribution in [1.82, 2.24) is 9.88 Å². The fourth-order valence-electron chi connectivity index (χ4n) is 2.38. The highest BCUT2D eigenvalue weighted by Crippen LogP contribution is 2.27. The Bertz CT molecular complexity index is 795. The topological polar surface area (TPSA) is 62.3 Å². The monoisotopic (exact) mass is 393 g/mol. The molecule has 0 aliphatic heterocycles. The number of pyridine rings is 1. The number of halogens is 2. The maximum atomic E-state index is 12.7. The van der Waals surface area contributed by atoms with Crippen molar-refractivity contribution in [2.75, 3.05) is 18.9 Å². The van der Waals surface area contributed by atoms with Crippen molar-refractivity contribution in [2.45, 2.75) is 20.3 Å². The molecule has 0 radical (unpaired) electrons. The van der Waals surface area contributed by atoms with E-state index >= 15 is 0 Å². The molecule has 2 amide bonds. The summed E-state index contributed by atoms with van der Waals surface area (Å²) in [6.07, 6.45) is 4.12. The third kappa shape index (κ3) is 4.96. The zero-order chi connectivity index (χ0) is 19.3. The largest absolute Gasteiger partial charge is 0.345 e. The van der Waals surface area contributed by atoms with Gasteiger partial charge in [0, 0.05) is 31.7 Å². The fourth-order valence-corrected chi connectivity index (χ4v) is 2.68. The van der Waals surface area contributed by atoms with Crippen LogP contribution >= 0.6 is 23.2 Å². The number of nitrogens with zero attached hydrogens (tertiary/aromatic N) is 2. The molecule has 0 saturated heterocycles. The lowest BCUT2D eigenvalue weighted by Gasteiger charge is -2.28. The molecule has 1 heterocycles. The second kappa shape index (κ2) is 8.52. The van der Waals surface area contributed by atoms with Crippen LogP contribution in [0, 0.1) is 5.41 Å². The highest BCUT2D eigenvalue weighted by atomic mass is 35.5. The number of amides is 2. The number of likely N-dealkylation sites (N-methyl/N-ethyl adjacent to an activating group) is 1. The van der Waals surface area contributed by atoms with Crippen molar-refractivity contribution in [3.05, 3.63) is 58.3 Å². The number of nitrogens with one attached hydrogen (secondary N) is 1. The molecule has 0 aliphatic carbocycles. The SMILES string of the molecule is CN(CCc1ccncc1)C(=O)C(C)(C)C(=O)Nc1ccc(Cl)c(Cl)c1. The summed E-state index contributed by atoms with van der Waals surface area (Å²) in [6.45, 7) is 3.71. The molecule has 0 unspecified atom stereocenters. The third-order valence-corrected chi connectivity index (χ3v) is 4.85. The molecule has 0 atom stereocenters. The second-order valence-corrected chi connectivity index (χ2v) is 7.35. The van der Waals surface area contributed by atoms with Gasteiger partial charge in [0.1, 0.15) is 5.41 Å². The number of rotatable bonds is 6. The van der Waals surface area contributed by atoms with Crippen LogP contribution < -0.4 is 5.32 Å². The van der Waals surface area contributed by atoms with Gasteiger partial charge < -0.3 is 10.2 Å². The zero-order valence-electron chi connectivity index (χ0n) is 14.9. The van der Waals surface area contributed by atoms with E-state index in [2.05, 4.69) is 10.3 Å². The Kier molecular flexibility index (Phi) is 6.62. The summed E-state index contributed by atoms with van der Waals surface area (Å²) in [4.78, 5) is 30.9. The highest BCUT2D eigenvalue weighted by molar-refractivity contribution is 6.42. The molecule has 0 spiro atoms. The third-order valence-electron chi connectivity index (χ3n) is 4.11. The van der Waals surface area contributed by atoms with Crippen molar-refractivity contribution in [3.63, 3.8) is 0 Å².